The number of nitrogens with zero attached hydrogens (tertiary/aromatic N) is 1. The SMILES string of the molecule is Cc1[nH][nH]c(=O)c1CC(=O)N/N=C\c1cccc(O)c1. The van der Waals surface area contributed by atoms with Crippen LogP contribution in [0.4, 0.5) is 0 Å². The van der Waals surface area contributed by atoms with Gasteiger partial charge in [0.25, 0.3) is 5.56 Å². The average molecular weight is 274 g/mol. The Labute approximate surface area is 114 Å². The van der Waals surface area contributed by atoms with E-state index < -0.39 is 5.91 Å². The Bertz CT molecular complexity index is 700. The standard InChI is InChI=1S/C13H14N4O3/c1-8-11(13(20)17-15-8)6-12(19)16-14-7-9-3-2-4-10(18)5-9/h2-5,7,18H,6H2,1H3,(H,16,19)(H2,15,17,20)/b14-7-. The van der Waals surface area contributed by atoms with Crippen molar-refractivity contribution in [3.05, 3.63) is 51.4 Å². The van der Waals surface area contributed by atoms with Crippen molar-refractivity contribution in [2.24, 2.45) is 5.10 Å². The van der Waals surface area contributed by atoms with Gasteiger partial charge in [-0.15, -0.1) is 0 Å². The first-order chi connectivity index (χ1) is 9.56. The number of carbonyl (C=O) groups is 1. The first-order valence-electron chi connectivity index (χ1n) is 5.93. The van der Waals surface area contributed by atoms with E-state index in [1.54, 1.807) is 19.1 Å². The first-order valence-corrected chi connectivity index (χ1v) is 5.93. The van der Waals surface area contributed by atoms with Crippen molar-refractivity contribution >= 4 is 12.1 Å². The Morgan fingerprint density at radius 2 is 2.25 bits per heavy atom. The second kappa shape index (κ2) is 5.87. The third-order valence-electron chi connectivity index (χ3n) is 2.70. The third-order valence-corrected chi connectivity index (χ3v) is 2.70. The Kier molecular flexibility index (Phi) is 3.99. The Hall–Kier alpha value is -2.83. The normalized spacial score (nSPS) is 10.8. The van der Waals surface area contributed by atoms with Gasteiger partial charge in [-0.1, -0.05) is 12.1 Å². The summed E-state index contributed by atoms with van der Waals surface area (Å²) in [5, 5.41) is 18.1. The summed E-state index contributed by atoms with van der Waals surface area (Å²) in [6.07, 6.45) is 1.36. The number of phenolic OH excluding ortho intramolecular Hbond substituents is 1. The van der Waals surface area contributed by atoms with Crippen LogP contribution in [0.2, 0.25) is 0 Å². The molecule has 0 aliphatic rings. The van der Waals surface area contributed by atoms with Crippen molar-refractivity contribution in [2.75, 3.05) is 0 Å². The molecule has 1 aromatic carbocycles. The number of benzene rings is 1. The molecule has 7 nitrogen and oxygen atoms in total. The number of amides is 1. The summed E-state index contributed by atoms with van der Waals surface area (Å²) < 4.78 is 0. The largest absolute Gasteiger partial charge is 0.508 e. The molecule has 0 atom stereocenters. The molecule has 0 bridgehead atoms. The van der Waals surface area contributed by atoms with Gasteiger partial charge in [0.15, 0.2) is 0 Å². The maximum atomic E-state index is 11.6. The lowest BCUT2D eigenvalue weighted by atomic mass is 10.2. The topological polar surface area (TPSA) is 110 Å². The molecule has 20 heavy (non-hydrogen) atoms. The minimum absolute atomic E-state index is 0.0535. The molecule has 4 N–H and O–H groups in total. The van der Waals surface area contributed by atoms with Crippen LogP contribution in [-0.2, 0) is 11.2 Å². The van der Waals surface area contributed by atoms with E-state index in [9.17, 15) is 14.7 Å². The molecule has 0 unspecified atom stereocenters. The van der Waals surface area contributed by atoms with Crippen LogP contribution in [0.15, 0.2) is 34.2 Å². The minimum Gasteiger partial charge on any atom is -0.508 e. The van der Waals surface area contributed by atoms with Gasteiger partial charge in [0.1, 0.15) is 5.75 Å². The lowest BCUT2D eigenvalue weighted by molar-refractivity contribution is -0.120. The zero-order valence-corrected chi connectivity index (χ0v) is 10.8. The van der Waals surface area contributed by atoms with Gasteiger partial charge in [0.05, 0.1) is 12.6 Å². The van der Waals surface area contributed by atoms with E-state index in [1.165, 1.54) is 18.3 Å². The van der Waals surface area contributed by atoms with Gasteiger partial charge in [-0.3, -0.25) is 14.7 Å². The number of hydrazone groups is 1. The lowest BCUT2D eigenvalue weighted by Crippen LogP contribution is -2.23. The summed E-state index contributed by atoms with van der Waals surface area (Å²) >= 11 is 0. The number of nitrogens with one attached hydrogen (secondary N) is 3. The van der Waals surface area contributed by atoms with Gasteiger partial charge in [0, 0.05) is 11.3 Å². The number of H-pyrrole nitrogens is 2. The van der Waals surface area contributed by atoms with Gasteiger partial charge in [-0.05, 0) is 24.6 Å². The van der Waals surface area contributed by atoms with Crippen LogP contribution >= 0.6 is 0 Å². The quantitative estimate of drug-likeness (QED) is 0.478. The predicted octanol–water partition coefficient (Wildman–Crippen LogP) is 0.410. The molecule has 0 fully saturated rings. The number of aromatic nitrogens is 2. The molecular weight excluding hydrogens is 260 g/mol. The van der Waals surface area contributed by atoms with E-state index in [0.717, 1.165) is 0 Å². The number of rotatable bonds is 4. The molecule has 7 heteroatoms. The van der Waals surface area contributed by atoms with E-state index >= 15 is 0 Å². The van der Waals surface area contributed by atoms with Crippen LogP contribution in [0, 0.1) is 6.92 Å². The zero-order valence-electron chi connectivity index (χ0n) is 10.8. The third kappa shape index (κ3) is 3.35. The fourth-order valence-corrected chi connectivity index (χ4v) is 1.67. The van der Waals surface area contributed by atoms with E-state index in [1.807, 2.05) is 0 Å². The molecule has 1 aromatic heterocycles. The number of hydrogen-bond acceptors (Lipinski definition) is 4. The number of hydrogen-bond donors (Lipinski definition) is 4. The minimum atomic E-state index is -0.394. The molecule has 1 heterocycles. The Morgan fingerprint density at radius 1 is 1.45 bits per heavy atom. The smallest absolute Gasteiger partial charge is 0.267 e. The van der Waals surface area contributed by atoms with Crippen LogP contribution in [0.25, 0.3) is 0 Å². The Morgan fingerprint density at radius 3 is 2.90 bits per heavy atom. The van der Waals surface area contributed by atoms with Crippen molar-refractivity contribution in [3.63, 3.8) is 0 Å². The second-order valence-corrected chi connectivity index (χ2v) is 4.25. The monoisotopic (exact) mass is 274 g/mol. The molecule has 0 saturated heterocycles. The molecule has 104 valence electrons. The van der Waals surface area contributed by atoms with Crippen LogP contribution in [0.3, 0.4) is 0 Å². The van der Waals surface area contributed by atoms with Crippen molar-refractivity contribution < 1.29 is 9.90 Å². The van der Waals surface area contributed by atoms with E-state index in [4.69, 9.17) is 0 Å². The highest BCUT2D eigenvalue weighted by Gasteiger charge is 2.10. The molecule has 2 rings (SSSR count). The van der Waals surface area contributed by atoms with E-state index in [0.29, 0.717) is 16.8 Å². The van der Waals surface area contributed by atoms with E-state index in [-0.39, 0.29) is 17.7 Å². The summed E-state index contributed by atoms with van der Waals surface area (Å²) in [5.41, 5.74) is 3.68. The van der Waals surface area contributed by atoms with Crippen molar-refractivity contribution in [1.82, 2.24) is 15.6 Å². The fourth-order valence-electron chi connectivity index (χ4n) is 1.67. The van der Waals surface area contributed by atoms with Crippen LogP contribution in [0.1, 0.15) is 16.8 Å². The molecule has 0 aliphatic heterocycles. The molecule has 0 saturated carbocycles. The van der Waals surface area contributed by atoms with Crippen molar-refractivity contribution in [2.45, 2.75) is 13.3 Å². The molecule has 0 spiro atoms. The number of phenols is 1. The molecule has 1 amide bonds. The van der Waals surface area contributed by atoms with Crippen LogP contribution < -0.4 is 11.0 Å². The summed E-state index contributed by atoms with van der Waals surface area (Å²) in [6.45, 7) is 1.70. The molecule has 0 radical (unpaired) electrons. The number of aromatic amines is 2. The highest BCUT2D eigenvalue weighted by Crippen LogP contribution is 2.08. The fraction of sp³-hybridized carbons (Fsp3) is 0.154. The lowest BCUT2D eigenvalue weighted by Gasteiger charge is -1.98. The van der Waals surface area contributed by atoms with Crippen molar-refractivity contribution in [1.29, 1.82) is 0 Å². The Balaban J connectivity index is 1.94. The highest BCUT2D eigenvalue weighted by atomic mass is 16.3. The maximum Gasteiger partial charge on any atom is 0.267 e. The van der Waals surface area contributed by atoms with Crippen LogP contribution in [-0.4, -0.2) is 27.4 Å². The average Bonchev–Trinajstić information content (AvgIpc) is 2.71. The van der Waals surface area contributed by atoms with Gasteiger partial charge < -0.3 is 10.2 Å². The van der Waals surface area contributed by atoms with Gasteiger partial charge in [0.2, 0.25) is 5.91 Å². The maximum absolute atomic E-state index is 11.6. The summed E-state index contributed by atoms with van der Waals surface area (Å²) in [6, 6.07) is 6.45. The number of aryl methyl sites for hydroxylation is 1. The summed E-state index contributed by atoms with van der Waals surface area (Å²) in [5.74, 6) is -0.274. The number of carbonyl (C=O) groups excluding carboxylic acids is 1. The zero-order chi connectivity index (χ0) is 14.5. The van der Waals surface area contributed by atoms with Gasteiger partial charge >= 0.3 is 0 Å². The molecule has 2 aromatic rings. The summed E-state index contributed by atoms with van der Waals surface area (Å²) in [7, 11) is 0. The molecule has 0 aliphatic carbocycles. The molecular formula is C13H14N4O3. The summed E-state index contributed by atoms with van der Waals surface area (Å²) in [4.78, 5) is 23.0. The number of aromatic hydroxyl groups is 1. The highest BCUT2D eigenvalue weighted by molar-refractivity contribution is 5.83. The van der Waals surface area contributed by atoms with Gasteiger partial charge in [-0.25, -0.2) is 5.43 Å². The predicted molar refractivity (Wildman–Crippen MR) is 73.7 cm³/mol. The van der Waals surface area contributed by atoms with Gasteiger partial charge in [-0.2, -0.15) is 5.10 Å². The van der Waals surface area contributed by atoms with Crippen LogP contribution in [0.5, 0.6) is 5.75 Å². The van der Waals surface area contributed by atoms with Crippen molar-refractivity contribution in [3.8, 4) is 5.75 Å². The second-order valence-electron chi connectivity index (χ2n) is 4.25. The first kappa shape index (κ1) is 13.6. The van der Waals surface area contributed by atoms with E-state index in [2.05, 4.69) is 20.7 Å².